The van der Waals surface area contributed by atoms with Crippen LogP contribution in [0.15, 0.2) is 36.4 Å². The predicted octanol–water partition coefficient (Wildman–Crippen LogP) is 3.88. The molecule has 7 nitrogen and oxygen atoms in total. The lowest BCUT2D eigenvalue weighted by atomic mass is 10.1. The maximum atomic E-state index is 13.0. The molecule has 0 saturated carbocycles. The second-order valence-corrected chi connectivity index (χ2v) is 6.49. The molecule has 1 amide bonds. The van der Waals surface area contributed by atoms with Crippen LogP contribution in [0.2, 0.25) is 0 Å². The number of amides is 1. The van der Waals surface area contributed by atoms with Crippen molar-refractivity contribution >= 4 is 11.9 Å². The summed E-state index contributed by atoms with van der Waals surface area (Å²) in [6, 6.07) is 8.75. The van der Waals surface area contributed by atoms with E-state index in [-0.39, 0.29) is 17.9 Å². The highest BCUT2D eigenvalue weighted by molar-refractivity contribution is 5.93. The fourth-order valence-electron chi connectivity index (χ4n) is 2.72. The number of ether oxygens (including phenoxy) is 4. The summed E-state index contributed by atoms with van der Waals surface area (Å²) in [5.74, 6) is -0.405. The number of carbonyl (C=O) groups is 2. The second-order valence-electron chi connectivity index (χ2n) is 6.49. The Morgan fingerprint density at radius 3 is 2.00 bits per heavy atom. The molecule has 0 aliphatic heterocycles. The Morgan fingerprint density at radius 2 is 1.48 bits per heavy atom. The molecule has 0 saturated heterocycles. The molecule has 0 radical (unpaired) electrons. The Balaban J connectivity index is 2.09. The lowest BCUT2D eigenvalue weighted by molar-refractivity contribution is -0.129. The summed E-state index contributed by atoms with van der Waals surface area (Å²) < 4.78 is 35.1. The van der Waals surface area contributed by atoms with E-state index in [1.807, 2.05) is 20.8 Å². The van der Waals surface area contributed by atoms with E-state index in [4.69, 9.17) is 18.9 Å². The van der Waals surface area contributed by atoms with Gasteiger partial charge in [0.1, 0.15) is 5.82 Å². The van der Waals surface area contributed by atoms with E-state index in [1.165, 1.54) is 31.2 Å². The van der Waals surface area contributed by atoms with Crippen LogP contribution in [0.3, 0.4) is 0 Å². The maximum absolute atomic E-state index is 13.0. The van der Waals surface area contributed by atoms with E-state index >= 15 is 0 Å². The van der Waals surface area contributed by atoms with Crippen molar-refractivity contribution in [3.05, 3.63) is 53.3 Å². The van der Waals surface area contributed by atoms with Crippen molar-refractivity contribution in [1.29, 1.82) is 0 Å². The van der Waals surface area contributed by atoms with Crippen molar-refractivity contribution in [2.75, 3.05) is 19.8 Å². The zero-order valence-electron chi connectivity index (χ0n) is 18.2. The van der Waals surface area contributed by atoms with Crippen LogP contribution in [0.25, 0.3) is 0 Å². The van der Waals surface area contributed by atoms with Crippen molar-refractivity contribution in [3.63, 3.8) is 0 Å². The van der Waals surface area contributed by atoms with Crippen molar-refractivity contribution in [3.8, 4) is 17.2 Å². The summed E-state index contributed by atoms with van der Waals surface area (Å²) in [4.78, 5) is 25.0. The Labute approximate surface area is 181 Å². The molecule has 1 atom stereocenters. The van der Waals surface area contributed by atoms with E-state index in [0.717, 1.165) is 5.56 Å². The zero-order chi connectivity index (χ0) is 22.8. The van der Waals surface area contributed by atoms with Crippen molar-refractivity contribution in [2.24, 2.45) is 0 Å². The van der Waals surface area contributed by atoms with Gasteiger partial charge in [-0.3, -0.25) is 4.79 Å². The Morgan fingerprint density at radius 1 is 0.935 bits per heavy atom. The molecule has 0 spiro atoms. The van der Waals surface area contributed by atoms with Gasteiger partial charge in [-0.1, -0.05) is 12.1 Å². The minimum Gasteiger partial charge on any atom is -0.490 e. The van der Waals surface area contributed by atoms with E-state index < -0.39 is 18.0 Å². The zero-order valence-corrected chi connectivity index (χ0v) is 18.2. The highest BCUT2D eigenvalue weighted by atomic mass is 19.1. The molecule has 0 aliphatic rings. The van der Waals surface area contributed by atoms with Gasteiger partial charge in [0.2, 0.25) is 5.75 Å². The summed E-state index contributed by atoms with van der Waals surface area (Å²) in [7, 11) is 0. The van der Waals surface area contributed by atoms with E-state index in [2.05, 4.69) is 5.32 Å². The van der Waals surface area contributed by atoms with Gasteiger partial charge in [0.05, 0.1) is 25.4 Å². The monoisotopic (exact) mass is 433 g/mol. The number of hydrogen-bond donors (Lipinski definition) is 1. The molecule has 2 aromatic rings. The Kier molecular flexibility index (Phi) is 9.12. The lowest BCUT2D eigenvalue weighted by Crippen LogP contribution is -2.35. The van der Waals surface area contributed by atoms with Gasteiger partial charge in [0.15, 0.2) is 17.6 Å². The maximum Gasteiger partial charge on any atom is 0.339 e. The first kappa shape index (κ1) is 24.0. The third kappa shape index (κ3) is 6.87. The fraction of sp³-hybridized carbons (Fsp3) is 0.391. The van der Waals surface area contributed by atoms with Gasteiger partial charge in [-0.25, -0.2) is 9.18 Å². The summed E-state index contributed by atoms with van der Waals surface area (Å²) in [5.41, 5.74) is 0.899. The van der Waals surface area contributed by atoms with Crippen LogP contribution in [0.5, 0.6) is 17.2 Å². The molecule has 0 aliphatic carbocycles. The number of rotatable bonds is 11. The highest BCUT2D eigenvalue weighted by Crippen LogP contribution is 2.39. The minimum atomic E-state index is -1.04. The second kappa shape index (κ2) is 11.8. The van der Waals surface area contributed by atoms with Crippen LogP contribution >= 0.6 is 0 Å². The van der Waals surface area contributed by atoms with Crippen LogP contribution < -0.4 is 19.5 Å². The highest BCUT2D eigenvalue weighted by Gasteiger charge is 2.23. The molecular formula is C23H28FNO6. The van der Waals surface area contributed by atoms with E-state index in [1.54, 1.807) is 12.1 Å². The topological polar surface area (TPSA) is 83.1 Å². The van der Waals surface area contributed by atoms with Gasteiger partial charge in [-0.15, -0.1) is 0 Å². The summed E-state index contributed by atoms with van der Waals surface area (Å²) in [6.45, 7) is 8.25. The molecule has 0 aromatic heterocycles. The summed E-state index contributed by atoms with van der Waals surface area (Å²) in [5, 5.41) is 2.66. The molecule has 1 unspecified atom stereocenters. The molecule has 31 heavy (non-hydrogen) atoms. The first-order valence-corrected chi connectivity index (χ1v) is 10.2. The molecule has 0 fully saturated rings. The van der Waals surface area contributed by atoms with E-state index in [9.17, 15) is 14.0 Å². The normalized spacial score (nSPS) is 11.4. The quantitative estimate of drug-likeness (QED) is 0.542. The molecule has 8 heteroatoms. The van der Waals surface area contributed by atoms with Crippen molar-refractivity contribution in [2.45, 2.75) is 40.3 Å². The number of halogens is 1. The number of benzene rings is 2. The van der Waals surface area contributed by atoms with Gasteiger partial charge in [0, 0.05) is 6.54 Å². The molecule has 2 rings (SSSR count). The minimum absolute atomic E-state index is 0.175. The smallest absolute Gasteiger partial charge is 0.339 e. The fourth-order valence-corrected chi connectivity index (χ4v) is 2.72. The number of esters is 1. The largest absolute Gasteiger partial charge is 0.490 e. The molecule has 168 valence electrons. The summed E-state index contributed by atoms with van der Waals surface area (Å²) >= 11 is 0. The first-order chi connectivity index (χ1) is 14.9. The summed E-state index contributed by atoms with van der Waals surface area (Å²) in [6.07, 6.45) is -1.04. The van der Waals surface area contributed by atoms with Crippen LogP contribution in [0.1, 0.15) is 43.6 Å². The first-order valence-electron chi connectivity index (χ1n) is 10.2. The molecule has 2 aromatic carbocycles. The van der Waals surface area contributed by atoms with Crippen molar-refractivity contribution in [1.82, 2.24) is 5.32 Å². The number of carbonyl (C=O) groups excluding carboxylic acids is 2. The molecule has 0 bridgehead atoms. The van der Waals surface area contributed by atoms with E-state index in [0.29, 0.717) is 37.1 Å². The molecule has 1 N–H and O–H groups in total. The van der Waals surface area contributed by atoms with Crippen LogP contribution in [-0.2, 0) is 16.1 Å². The molecular weight excluding hydrogens is 405 g/mol. The van der Waals surface area contributed by atoms with Crippen LogP contribution in [0, 0.1) is 5.82 Å². The van der Waals surface area contributed by atoms with Gasteiger partial charge in [0.25, 0.3) is 5.91 Å². The standard InChI is InChI=1S/C23H28FNO6/c1-5-28-19-12-17(13-20(29-6-2)21(19)30-7-3)23(27)31-15(4)22(26)25-14-16-8-10-18(24)11-9-16/h8-13,15H,5-7,14H2,1-4H3,(H,25,26). The van der Waals surface area contributed by atoms with Crippen molar-refractivity contribution < 1.29 is 32.9 Å². The van der Waals surface area contributed by atoms with Gasteiger partial charge in [-0.2, -0.15) is 0 Å². The van der Waals surface area contributed by atoms with Gasteiger partial charge >= 0.3 is 5.97 Å². The van der Waals surface area contributed by atoms with Crippen LogP contribution in [-0.4, -0.2) is 37.8 Å². The molecule has 0 heterocycles. The van der Waals surface area contributed by atoms with Gasteiger partial charge in [-0.05, 0) is 57.5 Å². The third-order valence-corrected chi connectivity index (χ3v) is 4.18. The predicted molar refractivity (Wildman–Crippen MR) is 113 cm³/mol. The SMILES string of the molecule is CCOc1cc(C(=O)OC(C)C(=O)NCc2ccc(F)cc2)cc(OCC)c1OCC. The number of hydrogen-bond acceptors (Lipinski definition) is 6. The third-order valence-electron chi connectivity index (χ3n) is 4.18. The average molecular weight is 433 g/mol. The Hall–Kier alpha value is -3.29. The van der Waals surface area contributed by atoms with Gasteiger partial charge < -0.3 is 24.3 Å². The lowest BCUT2D eigenvalue weighted by Gasteiger charge is -2.18. The average Bonchev–Trinajstić information content (AvgIpc) is 2.75. The van der Waals surface area contributed by atoms with Crippen LogP contribution in [0.4, 0.5) is 4.39 Å². The number of nitrogens with one attached hydrogen (secondary N) is 1. The Bertz CT molecular complexity index is 857.